The van der Waals surface area contributed by atoms with Gasteiger partial charge in [-0.3, -0.25) is 4.79 Å². The van der Waals surface area contributed by atoms with E-state index in [0.29, 0.717) is 13.1 Å². The van der Waals surface area contributed by atoms with Gasteiger partial charge in [-0.1, -0.05) is 0 Å². The summed E-state index contributed by atoms with van der Waals surface area (Å²) in [5.41, 5.74) is 5.28. The second-order valence-corrected chi connectivity index (χ2v) is 3.12. The minimum absolute atomic E-state index is 0.146. The topological polar surface area (TPSA) is 67.1 Å². The monoisotopic (exact) mass is 171 g/mol. The van der Waals surface area contributed by atoms with Crippen LogP contribution in [0.2, 0.25) is 0 Å². The molecule has 12 heavy (non-hydrogen) atoms. The van der Waals surface area contributed by atoms with E-state index in [4.69, 9.17) is 5.73 Å². The summed E-state index contributed by atoms with van der Waals surface area (Å²) in [7, 11) is 0. The summed E-state index contributed by atoms with van der Waals surface area (Å²) in [6.07, 6.45) is 2.10. The van der Waals surface area contributed by atoms with E-state index in [1.54, 1.807) is 0 Å². The van der Waals surface area contributed by atoms with Gasteiger partial charge >= 0.3 is 0 Å². The van der Waals surface area contributed by atoms with Crippen LogP contribution < -0.4 is 16.4 Å². The van der Waals surface area contributed by atoms with Gasteiger partial charge in [-0.2, -0.15) is 0 Å². The predicted octanol–water partition coefficient (Wildman–Crippen LogP) is -0.939. The van der Waals surface area contributed by atoms with Crippen molar-refractivity contribution >= 4 is 5.91 Å². The molecule has 4 nitrogen and oxygen atoms in total. The van der Waals surface area contributed by atoms with Crippen LogP contribution in [0.15, 0.2) is 0 Å². The molecule has 1 amide bonds. The van der Waals surface area contributed by atoms with E-state index in [-0.39, 0.29) is 11.8 Å². The molecule has 1 aliphatic rings. The first-order valence-corrected chi connectivity index (χ1v) is 4.53. The lowest BCUT2D eigenvalue weighted by Gasteiger charge is -2.21. The molecule has 0 saturated carbocycles. The fourth-order valence-corrected chi connectivity index (χ4v) is 1.42. The number of amides is 1. The Labute approximate surface area is 72.9 Å². The standard InChI is InChI=1S/C8H17N3O/c9-3-5-11-8(12)7-2-1-4-10-6-7/h7,10H,1-6,9H2,(H,11,12)/t7-/m1/s1. The van der Waals surface area contributed by atoms with Crippen molar-refractivity contribution in [1.82, 2.24) is 10.6 Å². The Hall–Kier alpha value is -0.610. The number of hydrogen-bond donors (Lipinski definition) is 3. The maximum Gasteiger partial charge on any atom is 0.224 e. The second kappa shape index (κ2) is 5.11. The Morgan fingerprint density at radius 1 is 1.67 bits per heavy atom. The highest BCUT2D eigenvalue weighted by atomic mass is 16.1. The van der Waals surface area contributed by atoms with E-state index in [1.165, 1.54) is 0 Å². The average Bonchev–Trinajstić information content (AvgIpc) is 2.15. The zero-order valence-electron chi connectivity index (χ0n) is 7.31. The molecule has 1 saturated heterocycles. The molecule has 4 N–H and O–H groups in total. The summed E-state index contributed by atoms with van der Waals surface area (Å²) in [5.74, 6) is 0.304. The molecule has 0 bridgehead atoms. The smallest absolute Gasteiger partial charge is 0.224 e. The normalized spacial score (nSPS) is 23.6. The van der Waals surface area contributed by atoms with Crippen LogP contribution in [0.1, 0.15) is 12.8 Å². The van der Waals surface area contributed by atoms with Crippen molar-refractivity contribution < 1.29 is 4.79 Å². The van der Waals surface area contributed by atoms with Crippen LogP contribution in [0.5, 0.6) is 0 Å². The molecule has 1 aliphatic heterocycles. The van der Waals surface area contributed by atoms with Crippen molar-refractivity contribution in [2.24, 2.45) is 11.7 Å². The Bertz CT molecular complexity index is 143. The van der Waals surface area contributed by atoms with Crippen LogP contribution in [0.3, 0.4) is 0 Å². The molecule has 0 aromatic rings. The van der Waals surface area contributed by atoms with Crippen molar-refractivity contribution in [3.8, 4) is 0 Å². The number of hydrogen-bond acceptors (Lipinski definition) is 3. The van der Waals surface area contributed by atoms with Crippen molar-refractivity contribution in [3.63, 3.8) is 0 Å². The molecule has 0 spiro atoms. The number of nitrogens with one attached hydrogen (secondary N) is 2. The average molecular weight is 171 g/mol. The molecule has 0 aliphatic carbocycles. The molecular weight excluding hydrogens is 154 g/mol. The summed E-state index contributed by atoms with van der Waals surface area (Å²) < 4.78 is 0. The fraction of sp³-hybridized carbons (Fsp3) is 0.875. The van der Waals surface area contributed by atoms with Gasteiger partial charge in [-0.25, -0.2) is 0 Å². The Morgan fingerprint density at radius 3 is 3.08 bits per heavy atom. The third kappa shape index (κ3) is 2.79. The number of carbonyl (C=O) groups excluding carboxylic acids is 1. The first-order valence-electron chi connectivity index (χ1n) is 4.53. The maximum absolute atomic E-state index is 11.4. The minimum Gasteiger partial charge on any atom is -0.355 e. The van der Waals surface area contributed by atoms with Gasteiger partial charge in [0.15, 0.2) is 0 Å². The Morgan fingerprint density at radius 2 is 2.50 bits per heavy atom. The first-order chi connectivity index (χ1) is 5.84. The highest BCUT2D eigenvalue weighted by Crippen LogP contribution is 2.09. The first kappa shape index (κ1) is 9.48. The zero-order valence-corrected chi connectivity index (χ0v) is 7.31. The third-order valence-corrected chi connectivity index (χ3v) is 2.11. The van der Waals surface area contributed by atoms with Crippen LogP contribution in [0.25, 0.3) is 0 Å². The van der Waals surface area contributed by atoms with Crippen molar-refractivity contribution in [2.45, 2.75) is 12.8 Å². The van der Waals surface area contributed by atoms with Crippen molar-refractivity contribution in [2.75, 3.05) is 26.2 Å². The zero-order chi connectivity index (χ0) is 8.81. The predicted molar refractivity (Wildman–Crippen MR) is 47.7 cm³/mol. The van der Waals surface area contributed by atoms with Crippen LogP contribution in [-0.4, -0.2) is 32.1 Å². The van der Waals surface area contributed by atoms with Crippen LogP contribution in [-0.2, 0) is 4.79 Å². The molecule has 1 atom stereocenters. The fourth-order valence-electron chi connectivity index (χ4n) is 1.42. The molecule has 1 fully saturated rings. The lowest BCUT2D eigenvalue weighted by atomic mass is 9.99. The summed E-state index contributed by atoms with van der Waals surface area (Å²) in [4.78, 5) is 11.4. The van der Waals surface area contributed by atoms with Gasteiger partial charge in [0.1, 0.15) is 0 Å². The van der Waals surface area contributed by atoms with E-state index in [2.05, 4.69) is 10.6 Å². The lowest BCUT2D eigenvalue weighted by Crippen LogP contribution is -2.41. The number of piperidine rings is 1. The van der Waals surface area contributed by atoms with Gasteiger partial charge in [-0.05, 0) is 19.4 Å². The molecule has 70 valence electrons. The molecule has 0 unspecified atom stereocenters. The Kier molecular flexibility index (Phi) is 4.04. The molecular formula is C8H17N3O. The number of nitrogens with two attached hydrogens (primary N) is 1. The summed E-state index contributed by atoms with van der Waals surface area (Å²) >= 11 is 0. The maximum atomic E-state index is 11.4. The van der Waals surface area contributed by atoms with Crippen LogP contribution in [0, 0.1) is 5.92 Å². The van der Waals surface area contributed by atoms with Gasteiger partial charge in [0.25, 0.3) is 0 Å². The van der Waals surface area contributed by atoms with E-state index < -0.39 is 0 Å². The number of rotatable bonds is 3. The summed E-state index contributed by atoms with van der Waals surface area (Å²) in [5, 5.41) is 6.00. The third-order valence-electron chi connectivity index (χ3n) is 2.11. The van der Waals surface area contributed by atoms with E-state index in [9.17, 15) is 4.79 Å². The van der Waals surface area contributed by atoms with Crippen LogP contribution >= 0.6 is 0 Å². The lowest BCUT2D eigenvalue weighted by molar-refractivity contribution is -0.125. The quantitative estimate of drug-likeness (QED) is 0.513. The highest BCUT2D eigenvalue weighted by Gasteiger charge is 2.19. The molecule has 0 aromatic carbocycles. The SMILES string of the molecule is NCCNC(=O)[C@@H]1CCCNC1. The van der Waals surface area contributed by atoms with Gasteiger partial charge in [0.05, 0.1) is 5.92 Å². The van der Waals surface area contributed by atoms with Crippen molar-refractivity contribution in [3.05, 3.63) is 0 Å². The van der Waals surface area contributed by atoms with Gasteiger partial charge in [-0.15, -0.1) is 0 Å². The van der Waals surface area contributed by atoms with E-state index in [0.717, 1.165) is 25.9 Å². The molecule has 0 radical (unpaired) electrons. The van der Waals surface area contributed by atoms with Gasteiger partial charge < -0.3 is 16.4 Å². The summed E-state index contributed by atoms with van der Waals surface area (Å²) in [6, 6.07) is 0. The Balaban J connectivity index is 2.20. The second-order valence-electron chi connectivity index (χ2n) is 3.12. The highest BCUT2D eigenvalue weighted by molar-refractivity contribution is 5.78. The van der Waals surface area contributed by atoms with Crippen LogP contribution in [0.4, 0.5) is 0 Å². The number of carbonyl (C=O) groups is 1. The van der Waals surface area contributed by atoms with Crippen molar-refractivity contribution in [1.29, 1.82) is 0 Å². The molecule has 1 heterocycles. The minimum atomic E-state index is 0.146. The van der Waals surface area contributed by atoms with Gasteiger partial charge in [0.2, 0.25) is 5.91 Å². The molecule has 4 heteroatoms. The molecule has 0 aromatic heterocycles. The van der Waals surface area contributed by atoms with E-state index in [1.807, 2.05) is 0 Å². The van der Waals surface area contributed by atoms with Gasteiger partial charge in [0, 0.05) is 19.6 Å². The molecule has 1 rings (SSSR count). The largest absolute Gasteiger partial charge is 0.355 e. The van der Waals surface area contributed by atoms with E-state index >= 15 is 0 Å². The summed E-state index contributed by atoms with van der Waals surface area (Å²) in [6.45, 7) is 2.97.